The van der Waals surface area contributed by atoms with Crippen LogP contribution in [0.4, 0.5) is 5.69 Å². The molecule has 1 amide bonds. The first kappa shape index (κ1) is 13.8. The molecule has 0 unspecified atom stereocenters. The summed E-state index contributed by atoms with van der Waals surface area (Å²) in [5.41, 5.74) is 2.61. The van der Waals surface area contributed by atoms with Crippen molar-refractivity contribution in [2.75, 3.05) is 5.32 Å². The molecule has 3 nitrogen and oxygen atoms in total. The van der Waals surface area contributed by atoms with Crippen LogP contribution in [0.1, 0.15) is 5.56 Å². The molecule has 21 heavy (non-hydrogen) atoms. The summed E-state index contributed by atoms with van der Waals surface area (Å²) in [6.07, 6.45) is 2.03. The molecular weight excluding hydrogens is 328 g/mol. The Hall–Kier alpha value is -2.20. The number of hydrogen-bond donors (Lipinski definition) is 1. The second kappa shape index (κ2) is 6.06. The van der Waals surface area contributed by atoms with E-state index in [1.165, 1.54) is 0 Å². The molecule has 3 aromatic rings. The molecule has 0 saturated heterocycles. The van der Waals surface area contributed by atoms with Gasteiger partial charge < -0.3 is 5.32 Å². The second-order valence-electron chi connectivity index (χ2n) is 4.77. The quantitative estimate of drug-likeness (QED) is 0.777. The minimum Gasteiger partial charge on any atom is -0.324 e. The number of aromatic nitrogens is 1. The van der Waals surface area contributed by atoms with Crippen molar-refractivity contribution in [3.63, 3.8) is 0 Å². The number of amides is 1. The molecule has 0 aliphatic carbocycles. The van der Waals surface area contributed by atoms with Crippen LogP contribution in [0.5, 0.6) is 0 Å². The smallest absolute Gasteiger partial charge is 0.228 e. The van der Waals surface area contributed by atoms with E-state index in [0.29, 0.717) is 6.42 Å². The lowest BCUT2D eigenvalue weighted by Crippen LogP contribution is -2.14. The summed E-state index contributed by atoms with van der Waals surface area (Å²) in [4.78, 5) is 16.4. The van der Waals surface area contributed by atoms with Gasteiger partial charge in [-0.2, -0.15) is 0 Å². The van der Waals surface area contributed by atoms with Gasteiger partial charge in [0.2, 0.25) is 5.91 Å². The van der Waals surface area contributed by atoms with E-state index in [4.69, 9.17) is 0 Å². The first-order chi connectivity index (χ1) is 10.2. The van der Waals surface area contributed by atoms with Crippen LogP contribution in [0.15, 0.2) is 65.3 Å². The Morgan fingerprint density at radius 3 is 2.67 bits per heavy atom. The van der Waals surface area contributed by atoms with E-state index in [1.54, 1.807) is 6.20 Å². The summed E-state index contributed by atoms with van der Waals surface area (Å²) in [6, 6.07) is 17.5. The molecule has 0 aliphatic rings. The van der Waals surface area contributed by atoms with Crippen molar-refractivity contribution in [1.29, 1.82) is 0 Å². The molecule has 0 aliphatic heterocycles. The Labute approximate surface area is 131 Å². The van der Waals surface area contributed by atoms with Gasteiger partial charge in [-0.1, -0.05) is 46.3 Å². The SMILES string of the molecule is O=C(Cc1ccc(Br)cc1)Nc1cnc2ccccc2c1. The summed E-state index contributed by atoms with van der Waals surface area (Å²) in [7, 11) is 0. The first-order valence-electron chi connectivity index (χ1n) is 6.60. The molecule has 0 saturated carbocycles. The van der Waals surface area contributed by atoms with E-state index >= 15 is 0 Å². The third-order valence-electron chi connectivity index (χ3n) is 3.15. The predicted octanol–water partition coefficient (Wildman–Crippen LogP) is 4.18. The van der Waals surface area contributed by atoms with E-state index in [1.807, 2.05) is 54.6 Å². The molecule has 2 aromatic carbocycles. The molecule has 104 valence electrons. The van der Waals surface area contributed by atoms with Crippen molar-refractivity contribution < 1.29 is 4.79 Å². The van der Waals surface area contributed by atoms with Gasteiger partial charge in [-0.25, -0.2) is 0 Å². The van der Waals surface area contributed by atoms with Crippen LogP contribution in [0, 0.1) is 0 Å². The Morgan fingerprint density at radius 1 is 1.10 bits per heavy atom. The van der Waals surface area contributed by atoms with Gasteiger partial charge >= 0.3 is 0 Å². The van der Waals surface area contributed by atoms with Gasteiger partial charge in [0.15, 0.2) is 0 Å². The van der Waals surface area contributed by atoms with Crippen LogP contribution in [-0.4, -0.2) is 10.9 Å². The van der Waals surface area contributed by atoms with Crippen LogP contribution >= 0.6 is 15.9 Å². The molecule has 0 bridgehead atoms. The van der Waals surface area contributed by atoms with Gasteiger partial charge in [0.25, 0.3) is 0 Å². The molecule has 1 heterocycles. The van der Waals surface area contributed by atoms with Crippen LogP contribution in [-0.2, 0) is 11.2 Å². The monoisotopic (exact) mass is 340 g/mol. The number of nitrogens with one attached hydrogen (secondary N) is 1. The number of carbonyl (C=O) groups excluding carboxylic acids is 1. The van der Waals surface area contributed by atoms with Gasteiger partial charge in [-0.15, -0.1) is 0 Å². The molecule has 0 spiro atoms. The number of fused-ring (bicyclic) bond motifs is 1. The summed E-state index contributed by atoms with van der Waals surface area (Å²) < 4.78 is 1.00. The van der Waals surface area contributed by atoms with Crippen molar-refractivity contribution in [3.8, 4) is 0 Å². The molecule has 0 fully saturated rings. The maximum absolute atomic E-state index is 12.1. The lowest BCUT2D eigenvalue weighted by atomic mass is 10.1. The normalized spacial score (nSPS) is 10.5. The lowest BCUT2D eigenvalue weighted by Gasteiger charge is -2.06. The van der Waals surface area contributed by atoms with Crippen LogP contribution < -0.4 is 5.32 Å². The van der Waals surface area contributed by atoms with E-state index in [9.17, 15) is 4.79 Å². The number of para-hydroxylation sites is 1. The van der Waals surface area contributed by atoms with Crippen molar-refractivity contribution in [1.82, 2.24) is 4.98 Å². The molecule has 3 rings (SSSR count). The third kappa shape index (κ3) is 3.47. The largest absolute Gasteiger partial charge is 0.324 e. The van der Waals surface area contributed by atoms with Crippen molar-refractivity contribution in [3.05, 3.63) is 70.8 Å². The number of anilines is 1. The fraction of sp³-hybridized carbons (Fsp3) is 0.0588. The van der Waals surface area contributed by atoms with Crippen molar-refractivity contribution in [2.45, 2.75) is 6.42 Å². The van der Waals surface area contributed by atoms with E-state index in [2.05, 4.69) is 26.2 Å². The fourth-order valence-corrected chi connectivity index (χ4v) is 2.40. The van der Waals surface area contributed by atoms with Gasteiger partial charge in [0.1, 0.15) is 0 Å². The Kier molecular flexibility index (Phi) is 3.97. The zero-order valence-corrected chi connectivity index (χ0v) is 12.8. The highest BCUT2D eigenvalue weighted by Crippen LogP contribution is 2.16. The lowest BCUT2D eigenvalue weighted by molar-refractivity contribution is -0.115. The maximum atomic E-state index is 12.1. The zero-order chi connectivity index (χ0) is 14.7. The van der Waals surface area contributed by atoms with Crippen LogP contribution in [0.25, 0.3) is 10.9 Å². The summed E-state index contributed by atoms with van der Waals surface area (Å²) in [5.74, 6) is -0.0468. The first-order valence-corrected chi connectivity index (χ1v) is 7.39. The number of pyridine rings is 1. The molecule has 0 radical (unpaired) electrons. The topological polar surface area (TPSA) is 42.0 Å². The zero-order valence-electron chi connectivity index (χ0n) is 11.2. The van der Waals surface area contributed by atoms with Gasteiger partial charge in [-0.05, 0) is 29.8 Å². The van der Waals surface area contributed by atoms with Gasteiger partial charge in [0.05, 0.1) is 23.8 Å². The van der Waals surface area contributed by atoms with Crippen LogP contribution in [0.3, 0.4) is 0 Å². The molecule has 4 heteroatoms. The highest BCUT2D eigenvalue weighted by molar-refractivity contribution is 9.10. The molecule has 1 N–H and O–H groups in total. The van der Waals surface area contributed by atoms with Crippen molar-refractivity contribution >= 4 is 38.4 Å². The van der Waals surface area contributed by atoms with Crippen molar-refractivity contribution in [2.24, 2.45) is 0 Å². The highest BCUT2D eigenvalue weighted by atomic mass is 79.9. The molecular formula is C17H13BrN2O. The Balaban J connectivity index is 1.72. The fourth-order valence-electron chi connectivity index (χ4n) is 2.13. The van der Waals surface area contributed by atoms with Gasteiger partial charge in [0, 0.05) is 9.86 Å². The van der Waals surface area contributed by atoms with E-state index in [-0.39, 0.29) is 5.91 Å². The van der Waals surface area contributed by atoms with E-state index in [0.717, 1.165) is 26.6 Å². The average Bonchev–Trinajstić information content (AvgIpc) is 2.49. The Morgan fingerprint density at radius 2 is 1.86 bits per heavy atom. The summed E-state index contributed by atoms with van der Waals surface area (Å²) >= 11 is 3.38. The minimum absolute atomic E-state index is 0.0468. The average molecular weight is 341 g/mol. The van der Waals surface area contributed by atoms with Gasteiger partial charge in [-0.3, -0.25) is 9.78 Å². The standard InChI is InChI=1S/C17H13BrN2O/c18-14-7-5-12(6-8-14)9-17(21)20-15-10-13-3-1-2-4-16(13)19-11-15/h1-8,10-11H,9H2,(H,20,21). The highest BCUT2D eigenvalue weighted by Gasteiger charge is 2.05. The number of halogens is 1. The number of nitrogens with zero attached hydrogens (tertiary/aromatic N) is 1. The maximum Gasteiger partial charge on any atom is 0.228 e. The summed E-state index contributed by atoms with van der Waals surface area (Å²) in [5, 5.41) is 3.90. The third-order valence-corrected chi connectivity index (χ3v) is 3.68. The number of rotatable bonds is 3. The summed E-state index contributed by atoms with van der Waals surface area (Å²) in [6.45, 7) is 0. The van der Waals surface area contributed by atoms with E-state index < -0.39 is 0 Å². The van der Waals surface area contributed by atoms with Crippen LogP contribution in [0.2, 0.25) is 0 Å². The Bertz CT molecular complexity index is 784. The number of carbonyl (C=O) groups is 1. The number of benzene rings is 2. The molecule has 1 aromatic heterocycles. The second-order valence-corrected chi connectivity index (χ2v) is 5.68. The molecule has 0 atom stereocenters. The predicted molar refractivity (Wildman–Crippen MR) is 88.2 cm³/mol. The number of hydrogen-bond acceptors (Lipinski definition) is 2. The minimum atomic E-state index is -0.0468.